The van der Waals surface area contributed by atoms with Gasteiger partial charge in [0.1, 0.15) is 11.9 Å². The SMILES string of the molecule is NC(=O)C(Nc1cccc(Br)c1)c1ccc(Cl)cc1F. The molecule has 2 rings (SSSR count). The fourth-order valence-electron chi connectivity index (χ4n) is 1.78. The number of anilines is 1. The Labute approximate surface area is 129 Å². The van der Waals surface area contributed by atoms with Crippen molar-refractivity contribution in [2.45, 2.75) is 6.04 Å². The number of nitrogens with two attached hydrogens (primary N) is 1. The van der Waals surface area contributed by atoms with Crippen molar-refractivity contribution in [1.29, 1.82) is 0 Å². The topological polar surface area (TPSA) is 55.1 Å². The first-order valence-corrected chi connectivity index (χ1v) is 6.91. The van der Waals surface area contributed by atoms with E-state index in [-0.39, 0.29) is 10.6 Å². The van der Waals surface area contributed by atoms with Crippen molar-refractivity contribution in [1.82, 2.24) is 0 Å². The van der Waals surface area contributed by atoms with Gasteiger partial charge < -0.3 is 11.1 Å². The van der Waals surface area contributed by atoms with E-state index >= 15 is 0 Å². The van der Waals surface area contributed by atoms with E-state index in [4.69, 9.17) is 17.3 Å². The Balaban J connectivity index is 2.34. The van der Waals surface area contributed by atoms with E-state index in [2.05, 4.69) is 21.2 Å². The molecule has 0 aromatic heterocycles. The lowest BCUT2D eigenvalue weighted by Gasteiger charge is -2.18. The number of rotatable bonds is 4. The average molecular weight is 358 g/mol. The van der Waals surface area contributed by atoms with E-state index in [0.29, 0.717) is 5.69 Å². The number of carbonyl (C=O) groups is 1. The minimum atomic E-state index is -0.971. The first-order chi connectivity index (χ1) is 9.47. The van der Waals surface area contributed by atoms with Crippen LogP contribution < -0.4 is 11.1 Å². The van der Waals surface area contributed by atoms with Crippen LogP contribution in [0, 0.1) is 5.82 Å². The van der Waals surface area contributed by atoms with Gasteiger partial charge in [-0.15, -0.1) is 0 Å². The molecule has 1 unspecified atom stereocenters. The van der Waals surface area contributed by atoms with Crippen LogP contribution in [0.15, 0.2) is 46.9 Å². The molecule has 1 atom stereocenters. The van der Waals surface area contributed by atoms with Crippen LogP contribution >= 0.6 is 27.5 Å². The highest BCUT2D eigenvalue weighted by Crippen LogP contribution is 2.25. The lowest BCUT2D eigenvalue weighted by Crippen LogP contribution is -2.28. The first kappa shape index (κ1) is 14.8. The van der Waals surface area contributed by atoms with Crippen LogP contribution in [0.1, 0.15) is 11.6 Å². The minimum absolute atomic E-state index is 0.155. The summed E-state index contributed by atoms with van der Waals surface area (Å²) in [4.78, 5) is 11.6. The normalized spacial score (nSPS) is 11.9. The molecule has 20 heavy (non-hydrogen) atoms. The standard InChI is InChI=1S/C14H11BrClFN2O/c15-8-2-1-3-10(6-8)19-13(14(18)20)11-5-4-9(16)7-12(11)17/h1-7,13,19H,(H2,18,20). The quantitative estimate of drug-likeness (QED) is 0.872. The van der Waals surface area contributed by atoms with Crippen LogP contribution in [-0.2, 0) is 4.79 Å². The summed E-state index contributed by atoms with van der Waals surface area (Å²) in [5.41, 5.74) is 6.15. The third-order valence-corrected chi connectivity index (χ3v) is 3.42. The van der Waals surface area contributed by atoms with Gasteiger partial charge in [0.25, 0.3) is 0 Å². The van der Waals surface area contributed by atoms with E-state index < -0.39 is 17.8 Å². The Bertz CT molecular complexity index is 651. The van der Waals surface area contributed by atoms with Crippen LogP contribution in [0.25, 0.3) is 0 Å². The van der Waals surface area contributed by atoms with Crippen LogP contribution in [0.4, 0.5) is 10.1 Å². The van der Waals surface area contributed by atoms with E-state index in [9.17, 15) is 9.18 Å². The molecule has 1 amide bonds. The van der Waals surface area contributed by atoms with Gasteiger partial charge in [-0.25, -0.2) is 4.39 Å². The predicted octanol–water partition coefficient (Wildman–Crippen LogP) is 3.88. The van der Waals surface area contributed by atoms with Crippen LogP contribution in [0.5, 0.6) is 0 Å². The van der Waals surface area contributed by atoms with Gasteiger partial charge in [-0.1, -0.05) is 39.7 Å². The predicted molar refractivity (Wildman–Crippen MR) is 81.1 cm³/mol. The van der Waals surface area contributed by atoms with Crippen LogP contribution in [0.2, 0.25) is 5.02 Å². The van der Waals surface area contributed by atoms with Gasteiger partial charge in [-0.3, -0.25) is 4.79 Å². The molecule has 3 nitrogen and oxygen atoms in total. The lowest BCUT2D eigenvalue weighted by atomic mass is 10.1. The van der Waals surface area contributed by atoms with Crippen LogP contribution in [-0.4, -0.2) is 5.91 Å². The molecule has 104 valence electrons. The summed E-state index contributed by atoms with van der Waals surface area (Å²) in [7, 11) is 0. The molecule has 0 saturated carbocycles. The number of hydrogen-bond donors (Lipinski definition) is 2. The number of halogens is 3. The van der Waals surface area contributed by atoms with Gasteiger partial charge in [-0.05, 0) is 30.3 Å². The maximum Gasteiger partial charge on any atom is 0.244 e. The Morgan fingerprint density at radius 2 is 2.05 bits per heavy atom. The number of nitrogens with one attached hydrogen (secondary N) is 1. The molecular weight excluding hydrogens is 347 g/mol. The molecule has 0 aliphatic carbocycles. The fourth-order valence-corrected chi connectivity index (χ4v) is 2.34. The summed E-state index contributed by atoms with van der Waals surface area (Å²) in [6.45, 7) is 0. The zero-order valence-corrected chi connectivity index (χ0v) is 12.6. The summed E-state index contributed by atoms with van der Waals surface area (Å²) < 4.78 is 14.7. The number of amides is 1. The number of hydrogen-bond acceptors (Lipinski definition) is 2. The zero-order chi connectivity index (χ0) is 14.7. The molecule has 3 N–H and O–H groups in total. The fraction of sp³-hybridized carbons (Fsp3) is 0.0714. The summed E-state index contributed by atoms with van der Waals surface area (Å²) in [6.07, 6.45) is 0. The lowest BCUT2D eigenvalue weighted by molar-refractivity contribution is -0.118. The number of carbonyl (C=O) groups excluding carboxylic acids is 1. The maximum absolute atomic E-state index is 13.9. The highest BCUT2D eigenvalue weighted by Gasteiger charge is 2.21. The molecule has 0 aliphatic rings. The van der Waals surface area contributed by atoms with Crippen molar-refractivity contribution >= 4 is 39.1 Å². The van der Waals surface area contributed by atoms with Gasteiger partial charge in [-0.2, -0.15) is 0 Å². The van der Waals surface area contributed by atoms with E-state index in [1.165, 1.54) is 12.1 Å². The summed E-state index contributed by atoms with van der Waals surface area (Å²) in [5, 5.41) is 3.17. The van der Waals surface area contributed by atoms with Gasteiger partial charge in [0.2, 0.25) is 5.91 Å². The molecule has 0 heterocycles. The summed E-state index contributed by atoms with van der Waals surface area (Å²) in [5.74, 6) is -1.25. The van der Waals surface area contributed by atoms with E-state index in [0.717, 1.165) is 10.5 Å². The van der Waals surface area contributed by atoms with Gasteiger partial charge >= 0.3 is 0 Å². The summed E-state index contributed by atoms with van der Waals surface area (Å²) in [6, 6.07) is 10.3. The Hall–Kier alpha value is -1.59. The first-order valence-electron chi connectivity index (χ1n) is 5.74. The second-order valence-corrected chi connectivity index (χ2v) is 5.51. The van der Waals surface area contributed by atoms with Crippen molar-refractivity contribution < 1.29 is 9.18 Å². The Morgan fingerprint density at radius 3 is 2.65 bits per heavy atom. The highest BCUT2D eigenvalue weighted by atomic mass is 79.9. The van der Waals surface area contributed by atoms with Crippen molar-refractivity contribution in [3.8, 4) is 0 Å². The molecule has 2 aromatic carbocycles. The Kier molecular flexibility index (Phi) is 4.62. The average Bonchev–Trinajstić information content (AvgIpc) is 2.36. The minimum Gasteiger partial charge on any atom is -0.370 e. The molecule has 0 bridgehead atoms. The van der Waals surface area contributed by atoms with Crippen molar-refractivity contribution in [3.63, 3.8) is 0 Å². The third kappa shape index (κ3) is 3.49. The van der Waals surface area contributed by atoms with Gasteiger partial charge in [0, 0.05) is 20.7 Å². The van der Waals surface area contributed by atoms with Crippen molar-refractivity contribution in [3.05, 3.63) is 63.3 Å². The number of benzene rings is 2. The third-order valence-electron chi connectivity index (χ3n) is 2.69. The largest absolute Gasteiger partial charge is 0.370 e. The van der Waals surface area contributed by atoms with Crippen LogP contribution in [0.3, 0.4) is 0 Å². The van der Waals surface area contributed by atoms with Gasteiger partial charge in [0.05, 0.1) is 0 Å². The molecule has 0 radical (unpaired) electrons. The second kappa shape index (κ2) is 6.24. The molecule has 0 fully saturated rings. The van der Waals surface area contributed by atoms with E-state index in [1.54, 1.807) is 18.2 Å². The summed E-state index contributed by atoms with van der Waals surface area (Å²) >= 11 is 9.02. The molecule has 2 aromatic rings. The molecule has 0 aliphatic heterocycles. The maximum atomic E-state index is 13.9. The second-order valence-electron chi connectivity index (χ2n) is 4.16. The molecular formula is C14H11BrClFN2O. The van der Waals surface area contributed by atoms with Crippen molar-refractivity contribution in [2.75, 3.05) is 5.32 Å². The van der Waals surface area contributed by atoms with Gasteiger partial charge in [0.15, 0.2) is 0 Å². The zero-order valence-electron chi connectivity index (χ0n) is 10.2. The Morgan fingerprint density at radius 1 is 1.30 bits per heavy atom. The monoisotopic (exact) mass is 356 g/mol. The smallest absolute Gasteiger partial charge is 0.244 e. The number of primary amides is 1. The van der Waals surface area contributed by atoms with Crippen molar-refractivity contribution in [2.24, 2.45) is 5.73 Å². The van der Waals surface area contributed by atoms with E-state index in [1.807, 2.05) is 6.07 Å². The molecule has 0 saturated heterocycles. The molecule has 0 spiro atoms. The highest BCUT2D eigenvalue weighted by molar-refractivity contribution is 9.10. The molecule has 6 heteroatoms.